The first-order chi connectivity index (χ1) is 11.6. The van der Waals surface area contributed by atoms with E-state index in [1.54, 1.807) is 39.0 Å². The van der Waals surface area contributed by atoms with E-state index in [1.165, 1.54) is 12.1 Å². The molecule has 3 rings (SSSR count). The van der Waals surface area contributed by atoms with E-state index in [0.29, 0.717) is 16.5 Å². The summed E-state index contributed by atoms with van der Waals surface area (Å²) in [6.45, 7) is 5.12. The number of anilines is 1. The Morgan fingerprint density at radius 3 is 2.56 bits per heavy atom. The van der Waals surface area contributed by atoms with Crippen LogP contribution >= 0.6 is 11.6 Å². The van der Waals surface area contributed by atoms with E-state index >= 15 is 0 Å². The van der Waals surface area contributed by atoms with Crippen molar-refractivity contribution in [3.8, 4) is 11.5 Å². The molecule has 8 heteroatoms. The summed E-state index contributed by atoms with van der Waals surface area (Å²) in [5.41, 5.74) is 0.244. The number of nitrogens with one attached hydrogen (secondary N) is 1. The molecule has 2 aromatic rings. The van der Waals surface area contributed by atoms with Crippen molar-refractivity contribution in [1.29, 1.82) is 0 Å². The van der Waals surface area contributed by atoms with E-state index in [0.717, 1.165) is 5.56 Å². The summed E-state index contributed by atoms with van der Waals surface area (Å²) in [5, 5.41) is 2.97. The molecule has 0 radical (unpaired) electrons. The average Bonchev–Trinajstić information content (AvgIpc) is 2.83. The molecule has 1 amide bonds. The molecule has 1 N–H and O–H groups in total. The largest absolute Gasteiger partial charge is 0.586 e. The van der Waals surface area contributed by atoms with E-state index in [9.17, 15) is 13.6 Å². The maximum atomic E-state index is 13.1. The number of amides is 1. The number of aromatic nitrogens is 1. The fourth-order valence-corrected chi connectivity index (χ4v) is 2.47. The highest BCUT2D eigenvalue weighted by molar-refractivity contribution is 6.30. The molecular weight excluding hydrogens is 354 g/mol. The van der Waals surface area contributed by atoms with Crippen LogP contribution in [0.25, 0.3) is 0 Å². The number of fused-ring (bicyclic) bond motifs is 1. The molecule has 0 saturated carbocycles. The van der Waals surface area contributed by atoms with Crippen LogP contribution in [0.2, 0.25) is 5.15 Å². The third kappa shape index (κ3) is 3.37. The van der Waals surface area contributed by atoms with Gasteiger partial charge < -0.3 is 14.8 Å². The Morgan fingerprint density at radius 2 is 1.88 bits per heavy atom. The highest BCUT2D eigenvalue weighted by Gasteiger charge is 2.44. The summed E-state index contributed by atoms with van der Waals surface area (Å²) >= 11 is 5.96. The second-order valence-electron chi connectivity index (χ2n) is 6.21. The van der Waals surface area contributed by atoms with Gasteiger partial charge in [-0.3, -0.25) is 4.79 Å². The van der Waals surface area contributed by atoms with Gasteiger partial charge in [0.1, 0.15) is 11.0 Å². The third-order valence-corrected chi connectivity index (χ3v) is 4.35. The minimum Gasteiger partial charge on any atom is -0.395 e. The van der Waals surface area contributed by atoms with Crippen molar-refractivity contribution in [3.05, 3.63) is 46.6 Å². The number of ether oxygens (including phenoxy) is 2. The first-order valence-electron chi connectivity index (χ1n) is 7.43. The third-order valence-electron chi connectivity index (χ3n) is 3.97. The van der Waals surface area contributed by atoms with Crippen molar-refractivity contribution in [1.82, 2.24) is 4.98 Å². The van der Waals surface area contributed by atoms with Crippen LogP contribution in [0.1, 0.15) is 25.0 Å². The number of rotatable bonds is 3. The highest BCUT2D eigenvalue weighted by Crippen LogP contribution is 2.43. The van der Waals surface area contributed by atoms with Crippen LogP contribution in [0.3, 0.4) is 0 Å². The monoisotopic (exact) mass is 368 g/mol. The van der Waals surface area contributed by atoms with Crippen LogP contribution in [-0.2, 0) is 10.2 Å². The van der Waals surface area contributed by atoms with Crippen molar-refractivity contribution >= 4 is 23.3 Å². The summed E-state index contributed by atoms with van der Waals surface area (Å²) in [5.74, 6) is -0.247. The Kier molecular flexibility index (Phi) is 4.07. The normalized spacial score (nSPS) is 15.1. The highest BCUT2D eigenvalue weighted by atomic mass is 35.5. The Labute approximate surface area is 147 Å². The van der Waals surface area contributed by atoms with E-state index < -0.39 is 11.7 Å². The first kappa shape index (κ1) is 17.4. The van der Waals surface area contributed by atoms with Gasteiger partial charge in [-0.1, -0.05) is 23.7 Å². The molecule has 0 atom stereocenters. The van der Waals surface area contributed by atoms with Crippen molar-refractivity contribution in [3.63, 3.8) is 0 Å². The number of hydrogen-bond donors (Lipinski definition) is 1. The number of aryl methyl sites for hydroxylation is 1. The fraction of sp³-hybridized carbons (Fsp3) is 0.294. The second kappa shape index (κ2) is 5.84. The zero-order valence-electron chi connectivity index (χ0n) is 13.7. The van der Waals surface area contributed by atoms with Gasteiger partial charge in [-0.15, -0.1) is 8.78 Å². The lowest BCUT2D eigenvalue weighted by Gasteiger charge is -2.24. The Hall–Kier alpha value is -2.41. The van der Waals surface area contributed by atoms with Crippen LogP contribution in [0.15, 0.2) is 30.3 Å². The molecule has 0 aliphatic carbocycles. The zero-order valence-corrected chi connectivity index (χ0v) is 14.4. The van der Waals surface area contributed by atoms with E-state index in [2.05, 4.69) is 19.8 Å². The molecule has 0 unspecified atom stereocenters. The summed E-state index contributed by atoms with van der Waals surface area (Å²) in [7, 11) is 0. The molecule has 132 valence electrons. The van der Waals surface area contributed by atoms with Crippen LogP contribution in [0.4, 0.5) is 14.6 Å². The lowest BCUT2D eigenvalue weighted by Crippen LogP contribution is -2.35. The first-order valence-corrected chi connectivity index (χ1v) is 7.81. The number of alkyl halides is 2. The molecule has 1 aliphatic rings. The molecular formula is C17H15ClF2N2O3. The summed E-state index contributed by atoms with van der Waals surface area (Å²) < 4.78 is 35.1. The quantitative estimate of drug-likeness (QED) is 0.821. The van der Waals surface area contributed by atoms with Gasteiger partial charge in [0.25, 0.3) is 0 Å². The number of benzene rings is 1. The van der Waals surface area contributed by atoms with Gasteiger partial charge in [0.15, 0.2) is 11.5 Å². The second-order valence-corrected chi connectivity index (χ2v) is 6.57. The van der Waals surface area contributed by atoms with Gasteiger partial charge >= 0.3 is 6.29 Å². The molecule has 0 fully saturated rings. The Balaban J connectivity index is 1.84. The SMILES string of the molecule is Cc1ccc(NC(=O)C(C)(C)c2ccc3c(c2)OC(F)(F)O3)nc1Cl. The maximum Gasteiger partial charge on any atom is 0.586 e. The number of carbonyl (C=O) groups is 1. The molecule has 2 heterocycles. The molecule has 1 aliphatic heterocycles. The van der Waals surface area contributed by atoms with E-state index in [-0.39, 0.29) is 17.4 Å². The predicted molar refractivity (Wildman–Crippen MR) is 88.3 cm³/mol. The average molecular weight is 369 g/mol. The van der Waals surface area contributed by atoms with Crippen LogP contribution in [0, 0.1) is 6.92 Å². The molecule has 25 heavy (non-hydrogen) atoms. The minimum absolute atomic E-state index is 0.0723. The van der Waals surface area contributed by atoms with E-state index in [1.807, 2.05) is 0 Å². The summed E-state index contributed by atoms with van der Waals surface area (Å²) in [6.07, 6.45) is -3.70. The summed E-state index contributed by atoms with van der Waals surface area (Å²) in [4.78, 5) is 16.7. The summed E-state index contributed by atoms with van der Waals surface area (Å²) in [6, 6.07) is 7.63. The lowest BCUT2D eigenvalue weighted by atomic mass is 9.83. The Bertz CT molecular complexity index is 856. The molecule has 1 aromatic heterocycles. The van der Waals surface area contributed by atoms with Gasteiger partial charge in [-0.05, 0) is 50.1 Å². The van der Waals surface area contributed by atoms with Crippen molar-refractivity contribution in [2.75, 3.05) is 5.32 Å². The van der Waals surface area contributed by atoms with Crippen LogP contribution < -0.4 is 14.8 Å². The number of nitrogens with zero attached hydrogens (tertiary/aromatic N) is 1. The van der Waals surface area contributed by atoms with Crippen LogP contribution in [-0.4, -0.2) is 17.2 Å². The number of halogens is 3. The van der Waals surface area contributed by atoms with Crippen LogP contribution in [0.5, 0.6) is 11.5 Å². The topological polar surface area (TPSA) is 60.5 Å². The number of pyridine rings is 1. The van der Waals surface area contributed by atoms with Crippen molar-refractivity contribution in [2.24, 2.45) is 0 Å². The van der Waals surface area contributed by atoms with Crippen molar-refractivity contribution < 1.29 is 23.0 Å². The fourth-order valence-electron chi connectivity index (χ4n) is 2.31. The molecule has 0 saturated heterocycles. The van der Waals surface area contributed by atoms with Gasteiger partial charge in [0.2, 0.25) is 5.91 Å². The van der Waals surface area contributed by atoms with Gasteiger partial charge in [0, 0.05) is 0 Å². The van der Waals surface area contributed by atoms with Gasteiger partial charge in [-0.25, -0.2) is 4.98 Å². The van der Waals surface area contributed by atoms with Gasteiger partial charge in [0.05, 0.1) is 5.41 Å². The smallest absolute Gasteiger partial charge is 0.395 e. The lowest BCUT2D eigenvalue weighted by molar-refractivity contribution is -0.286. The number of hydrogen-bond acceptors (Lipinski definition) is 4. The van der Waals surface area contributed by atoms with Gasteiger partial charge in [-0.2, -0.15) is 0 Å². The standard InChI is InChI=1S/C17H15ClF2N2O3/c1-9-4-7-13(21-14(9)18)22-15(23)16(2,3)10-5-6-11-12(8-10)25-17(19,20)24-11/h4-8H,1-3H3,(H,21,22,23). The minimum atomic E-state index is -3.70. The number of carbonyl (C=O) groups excluding carboxylic acids is 1. The molecule has 5 nitrogen and oxygen atoms in total. The van der Waals surface area contributed by atoms with Crippen molar-refractivity contribution in [2.45, 2.75) is 32.5 Å². The predicted octanol–water partition coefficient (Wildman–Crippen LogP) is 4.28. The molecule has 0 spiro atoms. The maximum absolute atomic E-state index is 13.1. The zero-order chi connectivity index (χ0) is 18.4. The molecule has 0 bridgehead atoms. The Morgan fingerprint density at radius 1 is 1.20 bits per heavy atom. The van der Waals surface area contributed by atoms with E-state index in [4.69, 9.17) is 11.6 Å². The molecule has 1 aromatic carbocycles.